The molecule has 0 fully saturated rings. The van der Waals surface area contributed by atoms with Crippen molar-refractivity contribution in [3.8, 4) is 0 Å². The lowest BCUT2D eigenvalue weighted by Crippen LogP contribution is -2.31. The van der Waals surface area contributed by atoms with E-state index < -0.39 is 0 Å². The SMILES string of the molecule is C=CC(C)NC(=O)c1n[nH]c(C)c1N. The zero-order chi connectivity index (χ0) is 10.7. The van der Waals surface area contributed by atoms with Crippen LogP contribution >= 0.6 is 0 Å². The zero-order valence-corrected chi connectivity index (χ0v) is 8.29. The maximum absolute atomic E-state index is 11.5. The van der Waals surface area contributed by atoms with Gasteiger partial charge in [0.2, 0.25) is 0 Å². The van der Waals surface area contributed by atoms with Gasteiger partial charge in [-0.2, -0.15) is 5.10 Å². The lowest BCUT2D eigenvalue weighted by atomic mass is 10.2. The number of hydrogen-bond acceptors (Lipinski definition) is 3. The Labute approximate surface area is 82.4 Å². The fraction of sp³-hybridized carbons (Fsp3) is 0.333. The molecule has 0 saturated carbocycles. The van der Waals surface area contributed by atoms with Crippen molar-refractivity contribution in [2.45, 2.75) is 19.9 Å². The van der Waals surface area contributed by atoms with E-state index in [9.17, 15) is 4.79 Å². The molecule has 1 amide bonds. The molecule has 0 spiro atoms. The van der Waals surface area contributed by atoms with Gasteiger partial charge < -0.3 is 11.1 Å². The summed E-state index contributed by atoms with van der Waals surface area (Å²) in [7, 11) is 0. The van der Waals surface area contributed by atoms with Crippen molar-refractivity contribution < 1.29 is 4.79 Å². The van der Waals surface area contributed by atoms with Gasteiger partial charge in [0, 0.05) is 6.04 Å². The van der Waals surface area contributed by atoms with E-state index in [1.54, 1.807) is 13.0 Å². The number of rotatable bonds is 3. The highest BCUT2D eigenvalue weighted by atomic mass is 16.2. The Kier molecular flexibility index (Phi) is 2.91. The van der Waals surface area contributed by atoms with Gasteiger partial charge in [0.1, 0.15) is 0 Å². The molecule has 0 aliphatic carbocycles. The van der Waals surface area contributed by atoms with E-state index in [0.717, 1.165) is 0 Å². The number of hydrogen-bond donors (Lipinski definition) is 3. The summed E-state index contributed by atoms with van der Waals surface area (Å²) in [5, 5.41) is 9.13. The third-order valence-corrected chi connectivity index (χ3v) is 1.92. The van der Waals surface area contributed by atoms with Crippen LogP contribution in [0.5, 0.6) is 0 Å². The minimum absolute atomic E-state index is 0.0982. The largest absolute Gasteiger partial charge is 0.395 e. The second kappa shape index (κ2) is 3.95. The van der Waals surface area contributed by atoms with E-state index >= 15 is 0 Å². The summed E-state index contributed by atoms with van der Waals surface area (Å²) in [5.74, 6) is -0.292. The van der Waals surface area contributed by atoms with Crippen LogP contribution in [0.1, 0.15) is 23.1 Å². The van der Waals surface area contributed by atoms with Crippen LogP contribution in [-0.2, 0) is 0 Å². The van der Waals surface area contributed by atoms with Crippen molar-refractivity contribution in [2.24, 2.45) is 0 Å². The van der Waals surface area contributed by atoms with E-state index in [-0.39, 0.29) is 17.6 Å². The molecule has 0 radical (unpaired) electrons. The molecule has 1 atom stereocenters. The third-order valence-electron chi connectivity index (χ3n) is 1.92. The predicted molar refractivity (Wildman–Crippen MR) is 54.9 cm³/mol. The first-order valence-corrected chi connectivity index (χ1v) is 4.30. The zero-order valence-electron chi connectivity index (χ0n) is 8.29. The molecule has 5 nitrogen and oxygen atoms in total. The molecule has 1 heterocycles. The number of amides is 1. The highest BCUT2D eigenvalue weighted by Gasteiger charge is 2.15. The summed E-state index contributed by atoms with van der Waals surface area (Å²) in [6.45, 7) is 7.14. The lowest BCUT2D eigenvalue weighted by Gasteiger charge is -2.07. The van der Waals surface area contributed by atoms with E-state index in [2.05, 4.69) is 22.1 Å². The number of carbonyl (C=O) groups is 1. The average Bonchev–Trinajstić information content (AvgIpc) is 2.47. The summed E-state index contributed by atoms with van der Waals surface area (Å²) in [4.78, 5) is 11.5. The minimum atomic E-state index is -0.292. The first kappa shape index (κ1) is 10.3. The molecule has 5 heteroatoms. The second-order valence-electron chi connectivity index (χ2n) is 3.11. The number of nitrogens with one attached hydrogen (secondary N) is 2. The number of aromatic nitrogens is 2. The fourth-order valence-electron chi connectivity index (χ4n) is 0.945. The Hall–Kier alpha value is -1.78. The summed E-state index contributed by atoms with van der Waals surface area (Å²) < 4.78 is 0. The van der Waals surface area contributed by atoms with Gasteiger partial charge in [-0.15, -0.1) is 6.58 Å². The topological polar surface area (TPSA) is 83.8 Å². The van der Waals surface area contributed by atoms with Crippen molar-refractivity contribution in [2.75, 3.05) is 5.73 Å². The fourth-order valence-corrected chi connectivity index (χ4v) is 0.945. The molecule has 1 aromatic heterocycles. The van der Waals surface area contributed by atoms with Gasteiger partial charge in [-0.1, -0.05) is 6.08 Å². The van der Waals surface area contributed by atoms with Gasteiger partial charge in [-0.05, 0) is 13.8 Å². The van der Waals surface area contributed by atoms with Crippen molar-refractivity contribution in [1.82, 2.24) is 15.5 Å². The first-order chi connectivity index (χ1) is 6.56. The lowest BCUT2D eigenvalue weighted by molar-refractivity contribution is 0.0943. The van der Waals surface area contributed by atoms with Crippen molar-refractivity contribution in [1.29, 1.82) is 0 Å². The summed E-state index contributed by atoms with van der Waals surface area (Å²) in [6, 6.07) is -0.0982. The highest BCUT2D eigenvalue weighted by Crippen LogP contribution is 2.11. The van der Waals surface area contributed by atoms with Crippen LogP contribution in [0.15, 0.2) is 12.7 Å². The Morgan fingerprint density at radius 3 is 2.86 bits per heavy atom. The van der Waals surface area contributed by atoms with Gasteiger partial charge in [-0.25, -0.2) is 0 Å². The first-order valence-electron chi connectivity index (χ1n) is 4.30. The van der Waals surface area contributed by atoms with Crippen molar-refractivity contribution in [3.63, 3.8) is 0 Å². The van der Waals surface area contributed by atoms with E-state index in [1.807, 2.05) is 6.92 Å². The second-order valence-corrected chi connectivity index (χ2v) is 3.11. The molecule has 4 N–H and O–H groups in total. The summed E-state index contributed by atoms with van der Waals surface area (Å²) >= 11 is 0. The number of carbonyl (C=O) groups excluding carboxylic acids is 1. The number of H-pyrrole nitrogens is 1. The van der Waals surface area contributed by atoms with Crippen LogP contribution < -0.4 is 11.1 Å². The average molecular weight is 194 g/mol. The normalized spacial score (nSPS) is 12.1. The van der Waals surface area contributed by atoms with Gasteiger partial charge in [0.25, 0.3) is 5.91 Å². The molecule has 0 bridgehead atoms. The van der Waals surface area contributed by atoms with Crippen LogP contribution in [0, 0.1) is 6.92 Å². The summed E-state index contributed by atoms with van der Waals surface area (Å²) in [6.07, 6.45) is 1.63. The number of nitrogens with two attached hydrogens (primary N) is 1. The minimum Gasteiger partial charge on any atom is -0.395 e. The number of anilines is 1. The molecule has 14 heavy (non-hydrogen) atoms. The van der Waals surface area contributed by atoms with Crippen molar-refractivity contribution >= 4 is 11.6 Å². The Balaban J connectivity index is 2.80. The molecule has 1 unspecified atom stereocenters. The van der Waals surface area contributed by atoms with Gasteiger partial charge >= 0.3 is 0 Å². The monoisotopic (exact) mass is 194 g/mol. The van der Waals surface area contributed by atoms with Crippen LogP contribution in [0.2, 0.25) is 0 Å². The Bertz CT molecular complexity index is 356. The molecule has 76 valence electrons. The number of nitrogens with zero attached hydrogens (tertiary/aromatic N) is 1. The van der Waals surface area contributed by atoms with E-state index in [1.165, 1.54) is 0 Å². The quantitative estimate of drug-likeness (QED) is 0.616. The smallest absolute Gasteiger partial charge is 0.274 e. The van der Waals surface area contributed by atoms with Crippen LogP contribution in [-0.4, -0.2) is 22.1 Å². The Morgan fingerprint density at radius 2 is 2.43 bits per heavy atom. The maximum atomic E-state index is 11.5. The molecule has 0 aliphatic heterocycles. The molecule has 1 rings (SSSR count). The van der Waals surface area contributed by atoms with Gasteiger partial charge in [0.15, 0.2) is 5.69 Å². The highest BCUT2D eigenvalue weighted by molar-refractivity contribution is 5.97. The number of aryl methyl sites for hydroxylation is 1. The third kappa shape index (κ3) is 1.93. The molecule has 0 aromatic carbocycles. The predicted octanol–water partition coefficient (Wildman–Crippen LogP) is 0.605. The molecular formula is C9H14N4O. The number of aromatic amines is 1. The van der Waals surface area contributed by atoms with Crippen LogP contribution in [0.4, 0.5) is 5.69 Å². The molecule has 0 saturated heterocycles. The molecule has 0 aliphatic rings. The maximum Gasteiger partial charge on any atom is 0.274 e. The Morgan fingerprint density at radius 1 is 1.79 bits per heavy atom. The molecular weight excluding hydrogens is 180 g/mol. The number of nitrogen functional groups attached to an aromatic ring is 1. The van der Waals surface area contributed by atoms with E-state index in [4.69, 9.17) is 5.73 Å². The van der Waals surface area contributed by atoms with Crippen molar-refractivity contribution in [3.05, 3.63) is 24.0 Å². The standard InChI is InChI=1S/C9H14N4O/c1-4-5(2)11-9(14)8-7(10)6(3)12-13-8/h4-5H,1,10H2,2-3H3,(H,11,14)(H,12,13). The summed E-state index contributed by atoms with van der Waals surface area (Å²) in [5.41, 5.74) is 6.96. The van der Waals surface area contributed by atoms with Gasteiger partial charge in [0.05, 0.1) is 11.4 Å². The van der Waals surface area contributed by atoms with Crippen LogP contribution in [0.25, 0.3) is 0 Å². The molecule has 1 aromatic rings. The van der Waals surface area contributed by atoms with Crippen LogP contribution in [0.3, 0.4) is 0 Å². The van der Waals surface area contributed by atoms with Gasteiger partial charge in [-0.3, -0.25) is 9.89 Å². The van der Waals surface area contributed by atoms with E-state index in [0.29, 0.717) is 11.4 Å².